The smallest absolute Gasteiger partial charge is 0.124 e. The van der Waals surface area contributed by atoms with Gasteiger partial charge in [0.2, 0.25) is 0 Å². The molecule has 3 heteroatoms. The van der Waals surface area contributed by atoms with E-state index in [1.54, 1.807) is 11.3 Å². The molecule has 0 aliphatic heterocycles. The average Bonchev–Trinajstić information content (AvgIpc) is 3.41. The number of benzene rings is 6. The molecule has 0 N–H and O–H groups in total. The molecule has 1 heterocycles. The second-order valence-corrected chi connectivity index (χ2v) is 10.2. The van der Waals surface area contributed by atoms with Gasteiger partial charge in [-0.15, -0.1) is 11.3 Å². The largest absolute Gasteiger partial charge is 0.236 e. The van der Waals surface area contributed by atoms with E-state index in [1.807, 2.05) is 30.3 Å². The van der Waals surface area contributed by atoms with Crippen LogP contribution in [-0.2, 0) is 0 Å². The van der Waals surface area contributed by atoms with Gasteiger partial charge in [-0.25, -0.2) is 4.98 Å². The van der Waals surface area contributed by atoms with Gasteiger partial charge in [0.05, 0.1) is 21.8 Å². The highest BCUT2D eigenvalue weighted by Crippen LogP contribution is 2.40. The van der Waals surface area contributed by atoms with Gasteiger partial charge in [-0.1, -0.05) is 72.8 Å². The van der Waals surface area contributed by atoms with Crippen molar-refractivity contribution in [2.45, 2.75) is 0 Å². The maximum absolute atomic E-state index is 9.28. The molecule has 0 unspecified atom stereocenters. The van der Waals surface area contributed by atoms with Crippen molar-refractivity contribution in [3.63, 3.8) is 0 Å². The number of hydrogen-bond acceptors (Lipinski definition) is 3. The van der Waals surface area contributed by atoms with Crippen molar-refractivity contribution in [2.75, 3.05) is 0 Å². The highest BCUT2D eigenvalue weighted by atomic mass is 32.1. The Morgan fingerprint density at radius 3 is 2.05 bits per heavy atom. The third-order valence-corrected chi connectivity index (χ3v) is 7.99. The fraction of sp³-hybridized carbons (Fsp3) is 0. The first-order valence-corrected chi connectivity index (χ1v) is 13.0. The summed E-state index contributed by atoms with van der Waals surface area (Å²) in [6.07, 6.45) is 0. The molecule has 0 radical (unpaired) electrons. The zero-order valence-corrected chi connectivity index (χ0v) is 20.7. The lowest BCUT2D eigenvalue weighted by atomic mass is 9.90. The van der Waals surface area contributed by atoms with E-state index in [2.05, 4.69) is 97.1 Å². The minimum atomic E-state index is 0.659. The Balaban J connectivity index is 1.51. The van der Waals surface area contributed by atoms with E-state index in [-0.39, 0.29) is 0 Å². The molecule has 0 saturated heterocycles. The predicted octanol–water partition coefficient (Wildman–Crippen LogP) is 9.48. The second-order valence-electron chi connectivity index (χ2n) is 9.17. The molecule has 2 nitrogen and oxygen atoms in total. The molecule has 0 spiro atoms. The second kappa shape index (κ2) is 8.71. The summed E-state index contributed by atoms with van der Waals surface area (Å²) in [5.41, 5.74) is 7.30. The van der Waals surface area contributed by atoms with Gasteiger partial charge in [-0.05, 0) is 92.3 Å². The van der Waals surface area contributed by atoms with Gasteiger partial charge < -0.3 is 0 Å². The minimum Gasteiger partial charge on any atom is -0.236 e. The van der Waals surface area contributed by atoms with Crippen LogP contribution in [0.2, 0.25) is 0 Å². The summed E-state index contributed by atoms with van der Waals surface area (Å²) in [7, 11) is 0. The van der Waals surface area contributed by atoms with Crippen molar-refractivity contribution >= 4 is 43.1 Å². The van der Waals surface area contributed by atoms with E-state index in [0.717, 1.165) is 32.8 Å². The highest BCUT2D eigenvalue weighted by molar-refractivity contribution is 7.21. The fourth-order valence-corrected chi connectivity index (χ4v) is 6.05. The number of para-hydroxylation sites is 1. The van der Waals surface area contributed by atoms with Gasteiger partial charge in [0.25, 0.3) is 0 Å². The third-order valence-electron chi connectivity index (χ3n) is 6.90. The molecule has 0 bridgehead atoms. The lowest BCUT2D eigenvalue weighted by molar-refractivity contribution is 1.47. The van der Waals surface area contributed by atoms with E-state index >= 15 is 0 Å². The number of hydrogen-bond donors (Lipinski definition) is 0. The minimum absolute atomic E-state index is 0.659. The van der Waals surface area contributed by atoms with Crippen molar-refractivity contribution in [1.82, 2.24) is 4.98 Å². The Hall–Kier alpha value is -4.78. The summed E-state index contributed by atoms with van der Waals surface area (Å²) >= 11 is 1.72. The summed E-state index contributed by atoms with van der Waals surface area (Å²) in [6, 6.07) is 44.6. The Morgan fingerprint density at radius 1 is 0.568 bits per heavy atom. The van der Waals surface area contributed by atoms with Crippen LogP contribution in [-0.4, -0.2) is 4.98 Å². The molecule has 0 aliphatic carbocycles. The van der Waals surface area contributed by atoms with Gasteiger partial charge in [0, 0.05) is 5.56 Å². The summed E-state index contributed by atoms with van der Waals surface area (Å²) in [6.45, 7) is 0. The van der Waals surface area contributed by atoms with Crippen LogP contribution in [0, 0.1) is 11.3 Å². The molecular weight excluding hydrogens is 468 g/mol. The predicted molar refractivity (Wildman–Crippen MR) is 156 cm³/mol. The van der Waals surface area contributed by atoms with Gasteiger partial charge in [0.1, 0.15) is 5.01 Å². The number of nitrogens with zero attached hydrogens (tertiary/aromatic N) is 2. The van der Waals surface area contributed by atoms with Crippen molar-refractivity contribution in [3.8, 4) is 38.9 Å². The summed E-state index contributed by atoms with van der Waals surface area (Å²) in [5.74, 6) is 0. The zero-order chi connectivity index (χ0) is 24.8. The Bertz CT molecular complexity index is 1960. The van der Waals surface area contributed by atoms with Crippen LogP contribution in [0.15, 0.2) is 121 Å². The monoisotopic (exact) mass is 488 g/mol. The third kappa shape index (κ3) is 3.76. The summed E-state index contributed by atoms with van der Waals surface area (Å²) in [4.78, 5) is 4.97. The molecule has 0 fully saturated rings. The van der Waals surface area contributed by atoms with E-state index in [1.165, 1.54) is 31.8 Å². The maximum atomic E-state index is 9.28. The molecule has 172 valence electrons. The molecule has 1 aromatic heterocycles. The Morgan fingerprint density at radius 2 is 1.24 bits per heavy atom. The normalized spacial score (nSPS) is 11.2. The van der Waals surface area contributed by atoms with Crippen LogP contribution in [0.25, 0.3) is 64.6 Å². The Kier molecular flexibility index (Phi) is 5.06. The molecule has 0 saturated carbocycles. The van der Waals surface area contributed by atoms with Crippen LogP contribution in [0.3, 0.4) is 0 Å². The molecule has 7 aromatic rings. The zero-order valence-electron chi connectivity index (χ0n) is 19.8. The van der Waals surface area contributed by atoms with Gasteiger partial charge in [-0.2, -0.15) is 5.26 Å². The number of thiazole rings is 1. The molecular formula is C34H20N2S. The number of aromatic nitrogens is 1. The van der Waals surface area contributed by atoms with Crippen LogP contribution in [0.4, 0.5) is 0 Å². The van der Waals surface area contributed by atoms with E-state index in [0.29, 0.717) is 5.56 Å². The lowest BCUT2D eigenvalue weighted by Crippen LogP contribution is -1.88. The van der Waals surface area contributed by atoms with Crippen molar-refractivity contribution in [2.24, 2.45) is 0 Å². The Labute approximate surface area is 218 Å². The molecule has 0 amide bonds. The summed E-state index contributed by atoms with van der Waals surface area (Å²) in [5, 5.41) is 15.3. The quantitative estimate of drug-likeness (QED) is 0.232. The number of fused-ring (bicyclic) bond motifs is 4. The molecule has 0 atom stereocenters. The van der Waals surface area contributed by atoms with Crippen LogP contribution in [0.5, 0.6) is 0 Å². The van der Waals surface area contributed by atoms with Crippen molar-refractivity contribution < 1.29 is 0 Å². The van der Waals surface area contributed by atoms with Gasteiger partial charge in [0.15, 0.2) is 0 Å². The maximum Gasteiger partial charge on any atom is 0.124 e. The first-order chi connectivity index (χ1) is 18.3. The first kappa shape index (κ1) is 21.5. The van der Waals surface area contributed by atoms with Crippen LogP contribution < -0.4 is 0 Å². The SMILES string of the molecule is N#Cc1ccc(-c2cc(-c3nc4ccccc4s3)cc(-c3cc4ccccc4c4ccccc34)c2)cc1. The van der Waals surface area contributed by atoms with Crippen LogP contribution >= 0.6 is 11.3 Å². The van der Waals surface area contributed by atoms with E-state index in [9.17, 15) is 5.26 Å². The number of rotatable bonds is 3. The van der Waals surface area contributed by atoms with E-state index < -0.39 is 0 Å². The topological polar surface area (TPSA) is 36.7 Å². The van der Waals surface area contributed by atoms with Gasteiger partial charge in [-0.3, -0.25) is 0 Å². The standard InChI is InChI=1S/C34H20N2S/c35-21-22-13-15-23(16-14-22)25-17-26(19-27(18-25)34-36-32-11-5-6-12-33(32)37-34)31-20-24-7-1-2-8-28(24)29-9-3-4-10-30(29)31/h1-20H. The lowest BCUT2D eigenvalue weighted by Gasteiger charge is -2.14. The highest BCUT2D eigenvalue weighted by Gasteiger charge is 2.14. The average molecular weight is 489 g/mol. The number of nitriles is 1. The molecule has 0 aliphatic rings. The first-order valence-electron chi connectivity index (χ1n) is 12.2. The van der Waals surface area contributed by atoms with Crippen LogP contribution in [0.1, 0.15) is 5.56 Å². The molecule has 37 heavy (non-hydrogen) atoms. The molecule has 6 aromatic carbocycles. The fourth-order valence-electron chi connectivity index (χ4n) is 5.10. The van der Waals surface area contributed by atoms with Crippen molar-refractivity contribution in [3.05, 3.63) is 127 Å². The van der Waals surface area contributed by atoms with Crippen molar-refractivity contribution in [1.29, 1.82) is 5.26 Å². The van der Waals surface area contributed by atoms with Gasteiger partial charge >= 0.3 is 0 Å². The van der Waals surface area contributed by atoms with E-state index in [4.69, 9.17) is 4.98 Å². The molecule has 7 rings (SSSR count). The summed E-state index contributed by atoms with van der Waals surface area (Å²) < 4.78 is 1.18.